The number of piperidine rings is 1. The lowest BCUT2D eigenvalue weighted by molar-refractivity contribution is -0.127. The highest BCUT2D eigenvalue weighted by atomic mass is 32.2. The molecule has 28 heavy (non-hydrogen) atoms. The first-order valence-electron chi connectivity index (χ1n) is 9.53. The number of benzene rings is 1. The fourth-order valence-corrected chi connectivity index (χ4v) is 6.21. The van der Waals surface area contributed by atoms with E-state index < -0.39 is 16.1 Å². The van der Waals surface area contributed by atoms with Crippen LogP contribution in [-0.2, 0) is 14.8 Å². The third-order valence-corrected chi connectivity index (χ3v) is 8.16. The molecule has 0 aliphatic carbocycles. The fourth-order valence-electron chi connectivity index (χ4n) is 3.37. The molecule has 2 heterocycles. The Morgan fingerprint density at radius 1 is 1.25 bits per heavy atom. The average Bonchev–Trinajstić information content (AvgIpc) is 3.25. The number of rotatable bonds is 8. The standard InChI is InChI=1S/C20H26N2O4S2/c1-16(26-18-9-3-2-4-10-18)20(23)21-13-12-17-8-5-6-14-22(17)28(24,25)19-11-7-15-27-19/h2-4,7,9-11,15-17H,5-6,8,12-14H2,1H3,(H,21,23). The number of para-hydroxylation sites is 1. The van der Waals surface area contributed by atoms with Crippen LogP contribution in [0.5, 0.6) is 5.75 Å². The van der Waals surface area contributed by atoms with E-state index in [4.69, 9.17) is 4.74 Å². The second-order valence-corrected chi connectivity index (χ2v) is 9.92. The van der Waals surface area contributed by atoms with Crippen LogP contribution in [0.25, 0.3) is 0 Å². The number of ether oxygens (including phenoxy) is 1. The molecule has 1 aliphatic heterocycles. The minimum Gasteiger partial charge on any atom is -0.481 e. The summed E-state index contributed by atoms with van der Waals surface area (Å²) in [7, 11) is -3.46. The van der Waals surface area contributed by atoms with Crippen LogP contribution in [0.15, 0.2) is 52.1 Å². The van der Waals surface area contributed by atoms with E-state index in [0.29, 0.717) is 29.5 Å². The Labute approximate surface area is 170 Å². The van der Waals surface area contributed by atoms with Crippen molar-refractivity contribution in [3.8, 4) is 5.75 Å². The van der Waals surface area contributed by atoms with Crippen LogP contribution < -0.4 is 10.1 Å². The van der Waals surface area contributed by atoms with Crippen molar-refractivity contribution in [2.75, 3.05) is 13.1 Å². The van der Waals surface area contributed by atoms with Crippen molar-refractivity contribution in [3.63, 3.8) is 0 Å². The van der Waals surface area contributed by atoms with Gasteiger partial charge in [-0.3, -0.25) is 4.79 Å². The Morgan fingerprint density at radius 3 is 2.75 bits per heavy atom. The number of nitrogens with zero attached hydrogens (tertiary/aromatic N) is 1. The number of amides is 1. The van der Waals surface area contributed by atoms with Gasteiger partial charge in [0.25, 0.3) is 15.9 Å². The molecule has 1 amide bonds. The van der Waals surface area contributed by atoms with Crippen molar-refractivity contribution in [2.45, 2.75) is 49.0 Å². The highest BCUT2D eigenvalue weighted by Crippen LogP contribution is 2.29. The number of thiophene rings is 1. The van der Waals surface area contributed by atoms with Crippen LogP contribution in [0.4, 0.5) is 0 Å². The van der Waals surface area contributed by atoms with Crippen molar-refractivity contribution < 1.29 is 17.9 Å². The van der Waals surface area contributed by atoms with Crippen LogP contribution in [0.1, 0.15) is 32.6 Å². The number of nitrogens with one attached hydrogen (secondary N) is 1. The second-order valence-electron chi connectivity index (χ2n) is 6.85. The van der Waals surface area contributed by atoms with E-state index in [1.807, 2.05) is 18.2 Å². The van der Waals surface area contributed by atoms with Gasteiger partial charge in [-0.25, -0.2) is 8.42 Å². The molecule has 1 aromatic heterocycles. The van der Waals surface area contributed by atoms with Gasteiger partial charge in [-0.2, -0.15) is 4.31 Å². The van der Waals surface area contributed by atoms with Gasteiger partial charge in [-0.15, -0.1) is 11.3 Å². The number of hydrogen-bond acceptors (Lipinski definition) is 5. The molecular weight excluding hydrogens is 396 g/mol. The smallest absolute Gasteiger partial charge is 0.260 e. The van der Waals surface area contributed by atoms with Crippen molar-refractivity contribution in [1.29, 1.82) is 0 Å². The van der Waals surface area contributed by atoms with Gasteiger partial charge in [0.2, 0.25) is 0 Å². The largest absolute Gasteiger partial charge is 0.481 e. The zero-order valence-electron chi connectivity index (χ0n) is 15.9. The Bertz CT molecular complexity index is 854. The molecule has 1 N–H and O–H groups in total. The molecule has 0 spiro atoms. The highest BCUT2D eigenvalue weighted by molar-refractivity contribution is 7.91. The predicted molar refractivity (Wildman–Crippen MR) is 110 cm³/mol. The summed E-state index contributed by atoms with van der Waals surface area (Å²) in [6.45, 7) is 2.66. The maximum atomic E-state index is 12.9. The first kappa shape index (κ1) is 20.8. The third kappa shape index (κ3) is 5.12. The molecule has 8 heteroatoms. The summed E-state index contributed by atoms with van der Waals surface area (Å²) >= 11 is 1.24. The lowest BCUT2D eigenvalue weighted by Crippen LogP contribution is -2.45. The Hall–Kier alpha value is -1.90. The van der Waals surface area contributed by atoms with E-state index in [1.165, 1.54) is 11.3 Å². The SMILES string of the molecule is CC(Oc1ccccc1)C(=O)NCCC1CCCCN1S(=O)(=O)c1cccs1. The van der Waals surface area contributed by atoms with Gasteiger partial charge in [-0.05, 0) is 49.8 Å². The fraction of sp³-hybridized carbons (Fsp3) is 0.450. The number of hydrogen-bond donors (Lipinski definition) is 1. The van der Waals surface area contributed by atoms with Crippen molar-refractivity contribution in [1.82, 2.24) is 9.62 Å². The molecule has 0 radical (unpaired) electrons. The quantitative estimate of drug-likeness (QED) is 0.708. The zero-order chi connectivity index (χ0) is 20.0. The van der Waals surface area contributed by atoms with E-state index in [0.717, 1.165) is 19.3 Å². The predicted octanol–water partition coefficient (Wildman–Crippen LogP) is 3.27. The Morgan fingerprint density at radius 2 is 2.04 bits per heavy atom. The summed E-state index contributed by atoms with van der Waals surface area (Å²) in [5.41, 5.74) is 0. The summed E-state index contributed by atoms with van der Waals surface area (Å²) < 4.78 is 33.4. The van der Waals surface area contributed by atoms with Crippen molar-refractivity contribution >= 4 is 27.3 Å². The molecule has 0 saturated carbocycles. The summed E-state index contributed by atoms with van der Waals surface area (Å²) in [4.78, 5) is 12.3. The van der Waals surface area contributed by atoms with Gasteiger partial charge in [0, 0.05) is 19.1 Å². The topological polar surface area (TPSA) is 75.7 Å². The molecule has 3 rings (SSSR count). The van der Waals surface area contributed by atoms with Crippen LogP contribution >= 0.6 is 11.3 Å². The van der Waals surface area contributed by atoms with Crippen molar-refractivity contribution in [2.24, 2.45) is 0 Å². The monoisotopic (exact) mass is 422 g/mol. The van der Waals surface area contributed by atoms with Gasteiger partial charge in [-0.1, -0.05) is 30.7 Å². The second kappa shape index (κ2) is 9.54. The maximum absolute atomic E-state index is 12.9. The van der Waals surface area contributed by atoms with E-state index >= 15 is 0 Å². The summed E-state index contributed by atoms with van der Waals surface area (Å²) in [5.74, 6) is 0.443. The molecule has 152 valence electrons. The highest BCUT2D eigenvalue weighted by Gasteiger charge is 2.33. The Kier molecular flexibility index (Phi) is 7.09. The van der Waals surface area contributed by atoms with E-state index in [2.05, 4.69) is 5.32 Å². The molecule has 1 aliphatic rings. The molecule has 1 fully saturated rings. The van der Waals surface area contributed by atoms with Crippen LogP contribution in [0.2, 0.25) is 0 Å². The molecule has 1 aromatic carbocycles. The molecular formula is C20H26N2O4S2. The van der Waals surface area contributed by atoms with Gasteiger partial charge in [0.05, 0.1) is 0 Å². The van der Waals surface area contributed by atoms with Gasteiger partial charge in [0.1, 0.15) is 9.96 Å². The molecule has 6 nitrogen and oxygen atoms in total. The third-order valence-electron chi connectivity index (χ3n) is 4.83. The lowest BCUT2D eigenvalue weighted by Gasteiger charge is -2.34. The van der Waals surface area contributed by atoms with Crippen molar-refractivity contribution in [3.05, 3.63) is 47.8 Å². The summed E-state index contributed by atoms with van der Waals surface area (Å²) in [5, 5.41) is 4.65. The molecule has 2 aromatic rings. The van der Waals surface area contributed by atoms with E-state index in [1.54, 1.807) is 40.9 Å². The van der Waals surface area contributed by atoms with E-state index in [9.17, 15) is 13.2 Å². The normalized spacial score (nSPS) is 19.1. The summed E-state index contributed by atoms with van der Waals surface area (Å²) in [6, 6.07) is 12.5. The average molecular weight is 423 g/mol. The number of sulfonamides is 1. The molecule has 2 atom stereocenters. The molecule has 2 unspecified atom stereocenters. The first-order valence-corrected chi connectivity index (χ1v) is 11.9. The van der Waals surface area contributed by atoms with Gasteiger partial charge >= 0.3 is 0 Å². The van der Waals surface area contributed by atoms with Crippen LogP contribution in [0.3, 0.4) is 0 Å². The number of carbonyl (C=O) groups is 1. The zero-order valence-corrected chi connectivity index (χ0v) is 17.5. The van der Waals surface area contributed by atoms with Gasteiger partial charge in [0.15, 0.2) is 6.10 Å². The minimum atomic E-state index is -3.46. The van der Waals surface area contributed by atoms with Crippen LogP contribution in [0, 0.1) is 0 Å². The lowest BCUT2D eigenvalue weighted by atomic mass is 10.0. The summed E-state index contributed by atoms with van der Waals surface area (Å²) in [6.07, 6.45) is 2.67. The first-order chi connectivity index (χ1) is 13.5. The Balaban J connectivity index is 1.53. The maximum Gasteiger partial charge on any atom is 0.260 e. The van der Waals surface area contributed by atoms with E-state index in [-0.39, 0.29) is 11.9 Å². The minimum absolute atomic E-state index is 0.0912. The van der Waals surface area contributed by atoms with Gasteiger partial charge < -0.3 is 10.1 Å². The molecule has 0 bridgehead atoms. The van der Waals surface area contributed by atoms with Crippen LogP contribution in [-0.4, -0.2) is 43.9 Å². The molecule has 1 saturated heterocycles. The number of carbonyl (C=O) groups excluding carboxylic acids is 1.